The van der Waals surface area contributed by atoms with Gasteiger partial charge in [0.25, 0.3) is 0 Å². The minimum Gasteiger partial charge on any atom is -0.391 e. The van der Waals surface area contributed by atoms with Gasteiger partial charge >= 0.3 is 6.18 Å². The summed E-state index contributed by atoms with van der Waals surface area (Å²) in [6.07, 6.45) is -1.23. The van der Waals surface area contributed by atoms with Gasteiger partial charge in [-0.05, 0) is 49.6 Å². The highest BCUT2D eigenvalue weighted by Gasteiger charge is 2.62. The SMILES string of the molecule is O=C(Cn1cnc2cccc(-c3cccc(C(F)(F)F)c3)c21)[C@H]1CC12NCCC[C@@H]2O. The Bertz CT molecular complexity index is 1160. The summed E-state index contributed by atoms with van der Waals surface area (Å²) in [5, 5.41) is 13.7. The lowest BCUT2D eigenvalue weighted by atomic mass is 9.95. The lowest BCUT2D eigenvalue weighted by Gasteiger charge is -2.30. The molecule has 2 fully saturated rings. The third kappa shape index (κ3) is 3.43. The number of nitrogens with zero attached hydrogens (tertiary/aromatic N) is 2. The van der Waals surface area contributed by atoms with Gasteiger partial charge in [0.05, 0.1) is 41.1 Å². The maximum Gasteiger partial charge on any atom is 0.416 e. The lowest BCUT2D eigenvalue weighted by molar-refractivity contribution is -0.137. The molecule has 0 amide bonds. The zero-order chi connectivity index (χ0) is 21.8. The van der Waals surface area contributed by atoms with Gasteiger partial charge in [-0.15, -0.1) is 0 Å². The first kappa shape index (κ1) is 20.2. The second-order valence-corrected chi connectivity index (χ2v) is 8.47. The number of alkyl halides is 3. The molecule has 1 spiro atoms. The molecule has 2 aliphatic rings. The highest BCUT2D eigenvalue weighted by Crippen LogP contribution is 2.49. The number of aromatic nitrogens is 2. The fourth-order valence-electron chi connectivity index (χ4n) is 4.86. The van der Waals surface area contributed by atoms with Crippen molar-refractivity contribution in [3.05, 3.63) is 54.4 Å². The summed E-state index contributed by atoms with van der Waals surface area (Å²) in [5.41, 5.74) is 1.01. The molecule has 31 heavy (non-hydrogen) atoms. The number of halogens is 3. The van der Waals surface area contributed by atoms with Crippen LogP contribution in [0.25, 0.3) is 22.2 Å². The van der Waals surface area contributed by atoms with E-state index in [4.69, 9.17) is 0 Å². The Morgan fingerprint density at radius 1 is 1.26 bits per heavy atom. The molecule has 1 saturated carbocycles. The van der Waals surface area contributed by atoms with E-state index >= 15 is 0 Å². The summed E-state index contributed by atoms with van der Waals surface area (Å²) in [6, 6.07) is 10.4. The Morgan fingerprint density at radius 3 is 2.84 bits per heavy atom. The first-order chi connectivity index (χ1) is 14.8. The highest BCUT2D eigenvalue weighted by atomic mass is 19.4. The number of hydrogen-bond acceptors (Lipinski definition) is 4. The summed E-state index contributed by atoms with van der Waals surface area (Å²) < 4.78 is 41.3. The van der Waals surface area contributed by atoms with Crippen LogP contribution in [0.3, 0.4) is 0 Å². The number of carbonyl (C=O) groups is 1. The molecule has 8 heteroatoms. The molecule has 5 nitrogen and oxygen atoms in total. The number of Topliss-reactive ketones (excluding diaryl/α,β-unsaturated/α-hetero) is 1. The van der Waals surface area contributed by atoms with Gasteiger partial charge in [-0.2, -0.15) is 13.2 Å². The largest absolute Gasteiger partial charge is 0.416 e. The zero-order valence-corrected chi connectivity index (χ0v) is 16.7. The molecule has 3 atom stereocenters. The summed E-state index contributed by atoms with van der Waals surface area (Å²) >= 11 is 0. The molecule has 3 aromatic rings. The van der Waals surface area contributed by atoms with E-state index in [1.165, 1.54) is 6.07 Å². The topological polar surface area (TPSA) is 67.2 Å². The molecule has 5 rings (SSSR count). The number of ketones is 1. The molecule has 1 saturated heterocycles. The zero-order valence-electron chi connectivity index (χ0n) is 16.7. The predicted molar refractivity (Wildman–Crippen MR) is 109 cm³/mol. The molecular formula is C23H22F3N3O2. The Balaban J connectivity index is 1.47. The van der Waals surface area contributed by atoms with E-state index in [2.05, 4.69) is 10.3 Å². The van der Waals surface area contributed by atoms with Gasteiger partial charge in [-0.3, -0.25) is 4.79 Å². The number of rotatable bonds is 4. The summed E-state index contributed by atoms with van der Waals surface area (Å²) in [4.78, 5) is 17.4. The maximum atomic E-state index is 13.2. The van der Waals surface area contributed by atoms with Crippen LogP contribution in [0.1, 0.15) is 24.8 Å². The van der Waals surface area contributed by atoms with E-state index in [1.54, 1.807) is 35.2 Å². The van der Waals surface area contributed by atoms with Crippen molar-refractivity contribution in [3.63, 3.8) is 0 Å². The number of aliphatic hydroxyl groups excluding tert-OH is 1. The van der Waals surface area contributed by atoms with E-state index < -0.39 is 23.4 Å². The predicted octanol–water partition coefficient (Wildman–Crippen LogP) is 3.79. The molecule has 1 aliphatic heterocycles. The summed E-state index contributed by atoms with van der Waals surface area (Å²) in [7, 11) is 0. The van der Waals surface area contributed by atoms with Gasteiger partial charge in [0, 0.05) is 11.5 Å². The Morgan fingerprint density at radius 2 is 2.06 bits per heavy atom. The number of para-hydroxylation sites is 1. The van der Waals surface area contributed by atoms with E-state index in [-0.39, 0.29) is 18.2 Å². The van der Waals surface area contributed by atoms with Crippen LogP contribution in [-0.2, 0) is 17.5 Å². The van der Waals surface area contributed by atoms with E-state index in [0.717, 1.165) is 25.1 Å². The smallest absolute Gasteiger partial charge is 0.391 e. The average Bonchev–Trinajstić information content (AvgIpc) is 3.34. The number of hydrogen-bond donors (Lipinski definition) is 2. The standard InChI is InChI=1S/C23H22F3N3O2/c24-23(25,26)15-5-1-4-14(10-15)16-6-2-7-18-21(16)29(13-27-18)12-19(30)17-11-22(17)20(31)8-3-9-28-22/h1-2,4-7,10,13,17,20,28,31H,3,8-9,11-12H2/t17-,20+,22?/m1/s1. The van der Waals surface area contributed by atoms with Crippen LogP contribution in [0.4, 0.5) is 13.2 Å². The fraction of sp³-hybridized carbons (Fsp3) is 0.391. The fourth-order valence-corrected chi connectivity index (χ4v) is 4.86. The molecule has 2 heterocycles. The van der Waals surface area contributed by atoms with Gasteiger partial charge in [-0.1, -0.05) is 24.3 Å². The van der Waals surface area contributed by atoms with Crippen LogP contribution in [0, 0.1) is 5.92 Å². The Hall–Kier alpha value is -2.71. The molecule has 2 aromatic carbocycles. The monoisotopic (exact) mass is 429 g/mol. The normalized spacial score (nSPS) is 25.8. The second kappa shape index (κ2) is 7.17. The molecule has 0 radical (unpaired) electrons. The minimum absolute atomic E-state index is 0.00778. The highest BCUT2D eigenvalue weighted by molar-refractivity contribution is 5.94. The first-order valence-electron chi connectivity index (χ1n) is 10.4. The average molecular weight is 429 g/mol. The molecule has 1 aliphatic carbocycles. The molecule has 1 aromatic heterocycles. The third-order valence-corrected chi connectivity index (χ3v) is 6.56. The van der Waals surface area contributed by atoms with Gasteiger partial charge in [0.1, 0.15) is 0 Å². The number of nitrogens with one attached hydrogen (secondary N) is 1. The van der Waals surface area contributed by atoms with E-state index in [9.17, 15) is 23.1 Å². The summed E-state index contributed by atoms with van der Waals surface area (Å²) in [6.45, 7) is 0.849. The van der Waals surface area contributed by atoms with Gasteiger partial charge in [0.15, 0.2) is 5.78 Å². The van der Waals surface area contributed by atoms with Gasteiger partial charge < -0.3 is 15.0 Å². The molecule has 0 bridgehead atoms. The number of imidazole rings is 1. The molecule has 162 valence electrons. The number of piperidine rings is 1. The van der Waals surface area contributed by atoms with Crippen molar-refractivity contribution in [1.82, 2.24) is 14.9 Å². The van der Waals surface area contributed by atoms with Crippen molar-refractivity contribution in [2.24, 2.45) is 5.92 Å². The van der Waals surface area contributed by atoms with Crippen LogP contribution in [-0.4, -0.2) is 38.6 Å². The van der Waals surface area contributed by atoms with Crippen LogP contribution in [0.5, 0.6) is 0 Å². The van der Waals surface area contributed by atoms with Gasteiger partial charge in [0.2, 0.25) is 0 Å². The van der Waals surface area contributed by atoms with Crippen LogP contribution >= 0.6 is 0 Å². The van der Waals surface area contributed by atoms with Crippen molar-refractivity contribution in [3.8, 4) is 11.1 Å². The van der Waals surface area contributed by atoms with Crippen molar-refractivity contribution in [2.75, 3.05) is 6.54 Å². The first-order valence-corrected chi connectivity index (χ1v) is 10.4. The van der Waals surface area contributed by atoms with Crippen molar-refractivity contribution in [2.45, 2.75) is 43.6 Å². The van der Waals surface area contributed by atoms with Crippen molar-refractivity contribution < 1.29 is 23.1 Å². The molecule has 1 unspecified atom stereocenters. The molecular weight excluding hydrogens is 407 g/mol. The quantitative estimate of drug-likeness (QED) is 0.662. The number of carbonyl (C=O) groups excluding carboxylic acids is 1. The second-order valence-electron chi connectivity index (χ2n) is 8.47. The van der Waals surface area contributed by atoms with Crippen LogP contribution in [0.15, 0.2) is 48.8 Å². The lowest BCUT2D eigenvalue weighted by Crippen LogP contribution is -2.49. The third-order valence-electron chi connectivity index (χ3n) is 6.56. The Kier molecular flexibility index (Phi) is 4.67. The van der Waals surface area contributed by atoms with E-state index in [1.807, 2.05) is 0 Å². The number of aliphatic hydroxyl groups is 1. The van der Waals surface area contributed by atoms with E-state index in [0.29, 0.717) is 35.0 Å². The van der Waals surface area contributed by atoms with Crippen molar-refractivity contribution in [1.29, 1.82) is 0 Å². The minimum atomic E-state index is -4.44. The summed E-state index contributed by atoms with van der Waals surface area (Å²) in [5.74, 6) is -0.271. The van der Waals surface area contributed by atoms with Crippen LogP contribution in [0.2, 0.25) is 0 Å². The maximum absolute atomic E-state index is 13.2. The number of fused-ring (bicyclic) bond motifs is 1. The Labute approximate surface area is 176 Å². The van der Waals surface area contributed by atoms with Crippen molar-refractivity contribution >= 4 is 16.8 Å². The number of benzene rings is 2. The van der Waals surface area contributed by atoms with Gasteiger partial charge in [-0.25, -0.2) is 4.98 Å². The van der Waals surface area contributed by atoms with Crippen LogP contribution < -0.4 is 5.32 Å². The molecule has 2 N–H and O–H groups in total.